The first-order valence-electron chi connectivity index (χ1n) is 5.28. The van der Waals surface area contributed by atoms with Crippen molar-refractivity contribution in [3.63, 3.8) is 0 Å². The maximum atomic E-state index is 10.9. The highest BCUT2D eigenvalue weighted by Gasteiger charge is 2.28. The van der Waals surface area contributed by atoms with Gasteiger partial charge in [-0.25, -0.2) is 0 Å². The molecule has 0 fully saturated rings. The summed E-state index contributed by atoms with van der Waals surface area (Å²) in [6.45, 7) is 1.63. The third kappa shape index (κ3) is 2.20. The summed E-state index contributed by atoms with van der Waals surface area (Å²) < 4.78 is 10.1. The van der Waals surface area contributed by atoms with E-state index in [4.69, 9.17) is 14.6 Å². The molecule has 0 saturated heterocycles. The molecule has 1 aromatic carbocycles. The summed E-state index contributed by atoms with van der Waals surface area (Å²) in [5, 5.41) is 19.6. The molecule has 7 nitrogen and oxygen atoms in total. The summed E-state index contributed by atoms with van der Waals surface area (Å²) in [4.78, 5) is 21.0. The molecule has 1 heterocycles. The molecule has 0 bridgehead atoms. The van der Waals surface area contributed by atoms with Crippen molar-refractivity contribution >= 4 is 11.7 Å². The Morgan fingerprint density at radius 3 is 2.89 bits per heavy atom. The summed E-state index contributed by atoms with van der Waals surface area (Å²) in [5.41, 5.74) is 0.352. The highest BCUT2D eigenvalue weighted by molar-refractivity contribution is 5.68. The van der Waals surface area contributed by atoms with Gasteiger partial charge in [0.1, 0.15) is 0 Å². The smallest absolute Gasteiger partial charge is 0.315 e. The first kappa shape index (κ1) is 12.2. The van der Waals surface area contributed by atoms with E-state index in [0.29, 0.717) is 5.56 Å². The Morgan fingerprint density at radius 2 is 2.28 bits per heavy atom. The molecular weight excluding hydrogens is 242 g/mol. The molecule has 1 aliphatic rings. The molecule has 1 atom stereocenters. The number of fused-ring (bicyclic) bond motifs is 1. The highest BCUT2D eigenvalue weighted by atomic mass is 16.7. The number of hydrogen-bond acceptors (Lipinski definition) is 5. The number of nitro benzene ring substituents is 1. The van der Waals surface area contributed by atoms with E-state index in [0.717, 1.165) is 0 Å². The van der Waals surface area contributed by atoms with E-state index in [2.05, 4.69) is 0 Å². The lowest BCUT2D eigenvalue weighted by Crippen LogP contribution is -2.03. The third-order valence-electron chi connectivity index (χ3n) is 2.72. The molecule has 0 amide bonds. The van der Waals surface area contributed by atoms with Crippen LogP contribution in [0.5, 0.6) is 11.5 Å². The summed E-state index contributed by atoms with van der Waals surface area (Å²) in [5.74, 6) is -0.902. The fourth-order valence-corrected chi connectivity index (χ4v) is 1.81. The summed E-state index contributed by atoms with van der Waals surface area (Å²) in [6.07, 6.45) is -0.100. The number of hydrogen-bond donors (Lipinski definition) is 1. The van der Waals surface area contributed by atoms with Gasteiger partial charge in [-0.1, -0.05) is 6.92 Å². The molecular formula is C11H11NO6. The predicted octanol–water partition coefficient (Wildman–Crippen LogP) is 1.90. The van der Waals surface area contributed by atoms with Gasteiger partial charge in [0, 0.05) is 6.07 Å². The van der Waals surface area contributed by atoms with Gasteiger partial charge in [-0.15, -0.1) is 0 Å². The molecule has 1 aliphatic heterocycles. The first-order valence-corrected chi connectivity index (χ1v) is 5.28. The minimum atomic E-state index is -0.956. The Hall–Kier alpha value is -2.31. The Balaban J connectivity index is 2.41. The SMILES string of the molecule is CC(CC(=O)O)c1cc2c(c([N+](=O)[O-])c1)OCO2. The quantitative estimate of drug-likeness (QED) is 0.649. The van der Waals surface area contributed by atoms with Gasteiger partial charge >= 0.3 is 11.7 Å². The van der Waals surface area contributed by atoms with Gasteiger partial charge in [-0.2, -0.15) is 0 Å². The maximum Gasteiger partial charge on any atom is 0.315 e. The van der Waals surface area contributed by atoms with E-state index in [1.165, 1.54) is 6.07 Å². The Kier molecular flexibility index (Phi) is 3.05. The van der Waals surface area contributed by atoms with Crippen LogP contribution < -0.4 is 9.47 Å². The number of carbonyl (C=O) groups is 1. The van der Waals surface area contributed by atoms with Crippen LogP contribution in [0.4, 0.5) is 5.69 Å². The van der Waals surface area contributed by atoms with Crippen molar-refractivity contribution in [2.45, 2.75) is 19.3 Å². The van der Waals surface area contributed by atoms with Crippen LogP contribution >= 0.6 is 0 Å². The van der Waals surface area contributed by atoms with Crippen LogP contribution in [0.25, 0.3) is 0 Å². The first-order chi connectivity index (χ1) is 8.49. The molecule has 18 heavy (non-hydrogen) atoms. The number of rotatable bonds is 4. The highest BCUT2D eigenvalue weighted by Crippen LogP contribution is 2.43. The standard InChI is InChI=1S/C11H11NO6/c1-6(2-10(13)14)7-3-8(12(15)16)11-9(4-7)17-5-18-11/h3-4,6H,2,5H2,1H3,(H,13,14). The molecule has 7 heteroatoms. The van der Waals surface area contributed by atoms with Crippen molar-refractivity contribution in [1.29, 1.82) is 0 Å². The fourth-order valence-electron chi connectivity index (χ4n) is 1.81. The molecule has 1 unspecified atom stereocenters. The molecule has 0 saturated carbocycles. The van der Waals surface area contributed by atoms with Gasteiger partial charge in [0.2, 0.25) is 12.5 Å². The van der Waals surface area contributed by atoms with Gasteiger partial charge in [0.25, 0.3) is 0 Å². The zero-order valence-electron chi connectivity index (χ0n) is 9.58. The molecule has 1 aromatic rings. The van der Waals surface area contributed by atoms with Crippen LogP contribution in [0.2, 0.25) is 0 Å². The number of benzene rings is 1. The van der Waals surface area contributed by atoms with Gasteiger partial charge in [0.05, 0.1) is 11.3 Å². The average molecular weight is 253 g/mol. The Morgan fingerprint density at radius 1 is 1.56 bits per heavy atom. The Bertz CT molecular complexity index is 513. The third-order valence-corrected chi connectivity index (χ3v) is 2.72. The molecule has 0 aliphatic carbocycles. The van der Waals surface area contributed by atoms with E-state index in [1.54, 1.807) is 13.0 Å². The lowest BCUT2D eigenvalue weighted by atomic mass is 9.97. The molecule has 1 N–H and O–H groups in total. The van der Waals surface area contributed by atoms with Crippen molar-refractivity contribution in [3.05, 3.63) is 27.8 Å². The van der Waals surface area contributed by atoms with E-state index < -0.39 is 10.9 Å². The van der Waals surface area contributed by atoms with Crippen molar-refractivity contribution in [3.8, 4) is 11.5 Å². The van der Waals surface area contributed by atoms with Crippen LogP contribution in [0, 0.1) is 10.1 Å². The van der Waals surface area contributed by atoms with Crippen molar-refractivity contribution in [2.24, 2.45) is 0 Å². The summed E-state index contributed by atoms with van der Waals surface area (Å²) in [7, 11) is 0. The molecule has 0 radical (unpaired) electrons. The second kappa shape index (κ2) is 4.52. The van der Waals surface area contributed by atoms with Gasteiger partial charge in [-0.05, 0) is 17.5 Å². The van der Waals surface area contributed by atoms with Crippen molar-refractivity contribution in [2.75, 3.05) is 6.79 Å². The zero-order chi connectivity index (χ0) is 13.3. The number of nitrogens with zero attached hydrogens (tertiary/aromatic N) is 1. The second-order valence-corrected chi connectivity index (χ2v) is 4.03. The van der Waals surface area contributed by atoms with Crippen LogP contribution in [0.15, 0.2) is 12.1 Å². The number of ether oxygens (including phenoxy) is 2. The topological polar surface area (TPSA) is 98.9 Å². The van der Waals surface area contributed by atoms with Crippen LogP contribution in [0.3, 0.4) is 0 Å². The minimum absolute atomic E-state index is 0.0626. The zero-order valence-corrected chi connectivity index (χ0v) is 9.58. The fraction of sp³-hybridized carbons (Fsp3) is 0.364. The van der Waals surface area contributed by atoms with E-state index >= 15 is 0 Å². The van der Waals surface area contributed by atoms with E-state index in [9.17, 15) is 14.9 Å². The summed E-state index contributed by atoms with van der Waals surface area (Å²) >= 11 is 0. The minimum Gasteiger partial charge on any atom is -0.481 e. The number of nitro groups is 1. The average Bonchev–Trinajstić information content (AvgIpc) is 2.73. The largest absolute Gasteiger partial charge is 0.481 e. The number of carboxylic acids is 1. The Labute approximate surface area is 102 Å². The van der Waals surface area contributed by atoms with Gasteiger partial charge in [0.15, 0.2) is 5.75 Å². The van der Waals surface area contributed by atoms with Gasteiger partial charge < -0.3 is 14.6 Å². The van der Waals surface area contributed by atoms with E-state index in [1.807, 2.05) is 0 Å². The van der Waals surface area contributed by atoms with Crippen molar-refractivity contribution < 1.29 is 24.3 Å². The molecule has 0 aromatic heterocycles. The van der Waals surface area contributed by atoms with Crippen LogP contribution in [-0.4, -0.2) is 22.8 Å². The maximum absolute atomic E-state index is 10.9. The molecule has 96 valence electrons. The predicted molar refractivity (Wildman–Crippen MR) is 59.9 cm³/mol. The number of carboxylic acid groups (broad SMARTS) is 1. The molecule has 2 rings (SSSR count). The second-order valence-electron chi connectivity index (χ2n) is 4.03. The number of aliphatic carboxylic acids is 1. The lowest BCUT2D eigenvalue weighted by molar-refractivity contribution is -0.385. The normalized spacial score (nSPS) is 14.3. The van der Waals surface area contributed by atoms with E-state index in [-0.39, 0.29) is 36.3 Å². The lowest BCUT2D eigenvalue weighted by Gasteiger charge is -2.10. The molecule has 0 spiro atoms. The van der Waals surface area contributed by atoms with Crippen LogP contribution in [0.1, 0.15) is 24.8 Å². The summed E-state index contributed by atoms with van der Waals surface area (Å²) in [6, 6.07) is 2.92. The van der Waals surface area contributed by atoms with Gasteiger partial charge in [-0.3, -0.25) is 14.9 Å². The monoisotopic (exact) mass is 253 g/mol. The van der Waals surface area contributed by atoms with Crippen LogP contribution in [-0.2, 0) is 4.79 Å². The van der Waals surface area contributed by atoms with Crippen molar-refractivity contribution in [1.82, 2.24) is 0 Å².